The summed E-state index contributed by atoms with van der Waals surface area (Å²) in [5.74, 6) is 3.56. The monoisotopic (exact) mass is 279 g/mol. The van der Waals surface area contributed by atoms with Gasteiger partial charge in [-0.2, -0.15) is 11.8 Å². The summed E-state index contributed by atoms with van der Waals surface area (Å²) in [4.78, 5) is 14.7. The molecule has 1 aromatic carbocycles. The Bertz CT molecular complexity index is 457. The molecule has 0 saturated carbocycles. The van der Waals surface area contributed by atoms with Gasteiger partial charge in [0, 0.05) is 29.0 Å². The number of hydrogen-bond acceptors (Lipinski definition) is 3. The maximum Gasteiger partial charge on any atom is 0.241 e. The molecule has 2 aliphatic heterocycles. The lowest BCUT2D eigenvalue weighted by Crippen LogP contribution is -2.43. The molecule has 3 rings (SSSR count). The van der Waals surface area contributed by atoms with E-state index in [1.807, 2.05) is 34.5 Å². The van der Waals surface area contributed by atoms with E-state index in [-0.39, 0.29) is 5.25 Å². The second-order valence-electron chi connectivity index (χ2n) is 4.82. The molecule has 1 fully saturated rings. The topological polar surface area (TPSA) is 20.3 Å². The summed E-state index contributed by atoms with van der Waals surface area (Å²) in [6, 6.07) is 8.62. The van der Waals surface area contributed by atoms with Gasteiger partial charge in [0.2, 0.25) is 5.91 Å². The highest BCUT2D eigenvalue weighted by atomic mass is 32.2. The zero-order valence-electron chi connectivity index (χ0n) is 10.5. The Morgan fingerprint density at radius 1 is 1.33 bits per heavy atom. The Morgan fingerprint density at radius 3 is 2.94 bits per heavy atom. The Kier molecular flexibility index (Phi) is 3.57. The summed E-state index contributed by atoms with van der Waals surface area (Å²) in [5, 5.41) is 0.150. The molecule has 2 atom stereocenters. The number of fused-ring (bicyclic) bond motifs is 1. The molecule has 2 unspecified atom stereocenters. The zero-order valence-corrected chi connectivity index (χ0v) is 12.1. The Balaban J connectivity index is 1.85. The van der Waals surface area contributed by atoms with Gasteiger partial charge in [0.1, 0.15) is 0 Å². The summed E-state index contributed by atoms with van der Waals surface area (Å²) in [6.07, 6.45) is 0.993. The van der Waals surface area contributed by atoms with Gasteiger partial charge >= 0.3 is 0 Å². The molecule has 0 N–H and O–H groups in total. The predicted molar refractivity (Wildman–Crippen MR) is 80.7 cm³/mol. The molecule has 96 valence electrons. The van der Waals surface area contributed by atoms with Crippen molar-refractivity contribution in [1.29, 1.82) is 0 Å². The number of nitrogens with zero attached hydrogens (tertiary/aromatic N) is 1. The number of para-hydroxylation sites is 1. The summed E-state index contributed by atoms with van der Waals surface area (Å²) in [5.41, 5.74) is 2.44. The number of thioether (sulfide) groups is 2. The van der Waals surface area contributed by atoms with Crippen LogP contribution in [0.5, 0.6) is 0 Å². The molecule has 0 aromatic heterocycles. The van der Waals surface area contributed by atoms with Gasteiger partial charge in [-0.05, 0) is 25.0 Å². The predicted octanol–water partition coefficient (Wildman–Crippen LogP) is 2.81. The van der Waals surface area contributed by atoms with E-state index in [1.165, 1.54) is 11.3 Å². The minimum atomic E-state index is 0.150. The highest BCUT2D eigenvalue weighted by Gasteiger charge is 2.35. The first-order chi connectivity index (χ1) is 8.77. The normalized spacial score (nSPS) is 27.1. The molecule has 0 radical (unpaired) electrons. The van der Waals surface area contributed by atoms with Crippen LogP contribution in [-0.4, -0.2) is 34.5 Å². The minimum Gasteiger partial charge on any atom is -0.308 e. The van der Waals surface area contributed by atoms with Crippen molar-refractivity contribution in [2.75, 3.05) is 22.2 Å². The SMILES string of the molecule is CC1Cc2ccccc2N1C(=O)C1CSCCS1. The van der Waals surface area contributed by atoms with Crippen LogP contribution in [-0.2, 0) is 11.2 Å². The Morgan fingerprint density at radius 2 is 2.17 bits per heavy atom. The van der Waals surface area contributed by atoms with Crippen LogP contribution in [0.1, 0.15) is 12.5 Å². The molecular weight excluding hydrogens is 262 g/mol. The molecule has 2 aliphatic rings. The van der Waals surface area contributed by atoms with Crippen molar-refractivity contribution in [2.45, 2.75) is 24.6 Å². The molecule has 2 nitrogen and oxygen atoms in total. The molecule has 1 aromatic rings. The maximum absolute atomic E-state index is 12.7. The average molecular weight is 279 g/mol. The number of hydrogen-bond donors (Lipinski definition) is 0. The zero-order chi connectivity index (χ0) is 12.5. The van der Waals surface area contributed by atoms with E-state index >= 15 is 0 Å². The summed E-state index contributed by atoms with van der Waals surface area (Å²) in [7, 11) is 0. The van der Waals surface area contributed by atoms with Crippen LogP contribution in [0.2, 0.25) is 0 Å². The third-order valence-corrected chi connectivity index (χ3v) is 6.28. The van der Waals surface area contributed by atoms with Crippen LogP contribution in [0.4, 0.5) is 5.69 Å². The fourth-order valence-electron chi connectivity index (χ4n) is 2.69. The third kappa shape index (κ3) is 2.16. The first-order valence-corrected chi connectivity index (χ1v) is 8.58. The smallest absolute Gasteiger partial charge is 0.241 e. The summed E-state index contributed by atoms with van der Waals surface area (Å²) >= 11 is 3.73. The van der Waals surface area contributed by atoms with Crippen LogP contribution in [0, 0.1) is 0 Å². The highest BCUT2D eigenvalue weighted by Crippen LogP contribution is 2.35. The van der Waals surface area contributed by atoms with Crippen LogP contribution in [0.3, 0.4) is 0 Å². The fraction of sp³-hybridized carbons (Fsp3) is 0.500. The lowest BCUT2D eigenvalue weighted by molar-refractivity contribution is -0.118. The van der Waals surface area contributed by atoms with Gasteiger partial charge < -0.3 is 4.90 Å². The lowest BCUT2D eigenvalue weighted by atomic mass is 10.1. The van der Waals surface area contributed by atoms with Crippen molar-refractivity contribution in [3.05, 3.63) is 29.8 Å². The second kappa shape index (κ2) is 5.17. The van der Waals surface area contributed by atoms with E-state index in [4.69, 9.17) is 0 Å². The molecule has 0 spiro atoms. The summed E-state index contributed by atoms with van der Waals surface area (Å²) < 4.78 is 0. The van der Waals surface area contributed by atoms with Crippen molar-refractivity contribution < 1.29 is 4.79 Å². The first kappa shape index (κ1) is 12.4. The molecule has 4 heteroatoms. The molecule has 1 saturated heterocycles. The largest absolute Gasteiger partial charge is 0.308 e. The van der Waals surface area contributed by atoms with Gasteiger partial charge in [-0.25, -0.2) is 0 Å². The summed E-state index contributed by atoms with van der Waals surface area (Å²) in [6.45, 7) is 2.15. The number of anilines is 1. The number of carbonyl (C=O) groups excluding carboxylic acids is 1. The van der Waals surface area contributed by atoms with E-state index in [0.29, 0.717) is 11.9 Å². The van der Waals surface area contributed by atoms with E-state index < -0.39 is 0 Å². The molecular formula is C14H17NOS2. The molecule has 1 amide bonds. The fourth-order valence-corrected chi connectivity index (χ4v) is 5.28. The standard InChI is InChI=1S/C14H17NOS2/c1-10-8-11-4-2-3-5-12(11)15(10)14(16)13-9-17-6-7-18-13/h2-5,10,13H,6-9H2,1H3. The van der Waals surface area contributed by atoms with Crippen LogP contribution in [0.15, 0.2) is 24.3 Å². The van der Waals surface area contributed by atoms with Crippen molar-refractivity contribution in [3.8, 4) is 0 Å². The van der Waals surface area contributed by atoms with E-state index in [0.717, 1.165) is 23.6 Å². The first-order valence-electron chi connectivity index (χ1n) is 6.37. The van der Waals surface area contributed by atoms with Crippen molar-refractivity contribution in [2.24, 2.45) is 0 Å². The van der Waals surface area contributed by atoms with Gasteiger partial charge in [-0.15, -0.1) is 11.8 Å². The number of carbonyl (C=O) groups is 1. The molecule has 0 aliphatic carbocycles. The molecule has 0 bridgehead atoms. The van der Waals surface area contributed by atoms with Crippen LogP contribution < -0.4 is 4.90 Å². The van der Waals surface area contributed by atoms with E-state index in [2.05, 4.69) is 25.1 Å². The third-order valence-electron chi connectivity index (χ3n) is 3.54. The number of rotatable bonds is 1. The van der Waals surface area contributed by atoms with Gasteiger partial charge in [-0.3, -0.25) is 4.79 Å². The van der Waals surface area contributed by atoms with Crippen molar-refractivity contribution in [1.82, 2.24) is 0 Å². The maximum atomic E-state index is 12.7. The molecule has 2 heterocycles. The van der Waals surface area contributed by atoms with Crippen LogP contribution in [0.25, 0.3) is 0 Å². The molecule has 18 heavy (non-hydrogen) atoms. The van der Waals surface area contributed by atoms with Gasteiger partial charge in [0.05, 0.1) is 5.25 Å². The quantitative estimate of drug-likeness (QED) is 0.788. The van der Waals surface area contributed by atoms with E-state index in [9.17, 15) is 4.79 Å². The van der Waals surface area contributed by atoms with Crippen molar-refractivity contribution in [3.63, 3.8) is 0 Å². The van der Waals surface area contributed by atoms with Crippen LogP contribution >= 0.6 is 23.5 Å². The van der Waals surface area contributed by atoms with Gasteiger partial charge in [0.25, 0.3) is 0 Å². The Labute approximate surface area is 117 Å². The number of benzene rings is 1. The van der Waals surface area contributed by atoms with Crippen molar-refractivity contribution >= 4 is 35.1 Å². The lowest BCUT2D eigenvalue weighted by Gasteiger charge is -2.29. The Hall–Kier alpha value is -0.610. The van der Waals surface area contributed by atoms with E-state index in [1.54, 1.807) is 0 Å². The second-order valence-corrected chi connectivity index (χ2v) is 7.28. The highest BCUT2D eigenvalue weighted by molar-refractivity contribution is 8.07. The average Bonchev–Trinajstić information content (AvgIpc) is 2.75. The van der Waals surface area contributed by atoms with Gasteiger partial charge in [0.15, 0.2) is 0 Å². The van der Waals surface area contributed by atoms with Gasteiger partial charge in [-0.1, -0.05) is 18.2 Å². The minimum absolute atomic E-state index is 0.150. The number of amides is 1.